The minimum absolute atomic E-state index is 0.145. The van der Waals surface area contributed by atoms with Crippen LogP contribution >= 0.6 is 0 Å². The van der Waals surface area contributed by atoms with Gasteiger partial charge in [-0.25, -0.2) is 0 Å². The number of hydrogen-bond acceptors (Lipinski definition) is 8. The number of methoxy groups -OCH3 is 2. The van der Waals surface area contributed by atoms with Crippen LogP contribution in [0.5, 0.6) is 23.0 Å². The van der Waals surface area contributed by atoms with E-state index < -0.39 is 21.2 Å². The molecule has 0 amide bonds. The van der Waals surface area contributed by atoms with Crippen LogP contribution in [0.2, 0.25) is 0 Å². The van der Waals surface area contributed by atoms with Gasteiger partial charge in [0.1, 0.15) is 5.75 Å². The fourth-order valence-corrected chi connectivity index (χ4v) is 2.63. The molecule has 0 aliphatic rings. The van der Waals surface area contributed by atoms with Gasteiger partial charge in [0.15, 0.2) is 11.5 Å². The first-order valence-corrected chi connectivity index (χ1v) is 8.88. The average molecular weight is 423 g/mol. The van der Waals surface area contributed by atoms with Gasteiger partial charge in [0.2, 0.25) is 5.75 Å². The Morgan fingerprint density at radius 3 is 2.13 bits per heavy atom. The molecule has 31 heavy (non-hydrogen) atoms. The predicted octanol–water partition coefficient (Wildman–Crippen LogP) is 5.06. The molecule has 0 fully saturated rings. The summed E-state index contributed by atoms with van der Waals surface area (Å²) in [6.07, 6.45) is 1.63. The van der Waals surface area contributed by atoms with Crippen molar-refractivity contribution in [2.24, 2.45) is 4.99 Å². The first-order valence-electron chi connectivity index (χ1n) is 8.88. The number of non-ortho nitro benzene ring substituents is 1. The molecule has 0 heterocycles. The first-order chi connectivity index (χ1) is 14.9. The summed E-state index contributed by atoms with van der Waals surface area (Å²) in [6, 6.07) is 15.3. The SMILES string of the molecule is COc1ccc(N=Cc2ccc(Oc3ccc([N+](=O)[O-])cc3[N+](=O)[O-])c(OC)c2)cc1. The van der Waals surface area contributed by atoms with Crippen molar-refractivity contribution in [3.8, 4) is 23.0 Å². The van der Waals surface area contributed by atoms with Crippen LogP contribution < -0.4 is 14.2 Å². The van der Waals surface area contributed by atoms with Crippen LogP contribution in [-0.4, -0.2) is 30.3 Å². The second-order valence-electron chi connectivity index (χ2n) is 6.13. The van der Waals surface area contributed by atoms with Crippen LogP contribution in [0, 0.1) is 20.2 Å². The fraction of sp³-hybridized carbons (Fsp3) is 0.0952. The Morgan fingerprint density at radius 1 is 0.806 bits per heavy atom. The molecule has 0 aromatic heterocycles. The largest absolute Gasteiger partial charge is 0.497 e. The molecular weight excluding hydrogens is 406 g/mol. The Bertz CT molecular complexity index is 1140. The summed E-state index contributed by atoms with van der Waals surface area (Å²) in [5.41, 5.74) is 0.498. The Kier molecular flexibility index (Phi) is 6.41. The number of rotatable bonds is 8. The van der Waals surface area contributed by atoms with Crippen molar-refractivity contribution in [3.05, 3.63) is 86.5 Å². The first kappa shape index (κ1) is 21.2. The maximum atomic E-state index is 11.3. The number of nitrogens with zero attached hydrogens (tertiary/aromatic N) is 3. The fourth-order valence-electron chi connectivity index (χ4n) is 2.63. The van der Waals surface area contributed by atoms with Crippen molar-refractivity contribution in [1.29, 1.82) is 0 Å². The van der Waals surface area contributed by atoms with Gasteiger partial charge < -0.3 is 14.2 Å². The van der Waals surface area contributed by atoms with Crippen LogP contribution in [0.15, 0.2) is 65.7 Å². The molecule has 10 nitrogen and oxygen atoms in total. The topological polar surface area (TPSA) is 126 Å². The van der Waals surface area contributed by atoms with Crippen molar-refractivity contribution in [2.45, 2.75) is 0 Å². The van der Waals surface area contributed by atoms with Gasteiger partial charge in [-0.1, -0.05) is 0 Å². The van der Waals surface area contributed by atoms with E-state index in [1.54, 1.807) is 55.8 Å². The molecule has 0 atom stereocenters. The molecule has 0 aliphatic heterocycles. The van der Waals surface area contributed by atoms with Gasteiger partial charge >= 0.3 is 5.69 Å². The lowest BCUT2D eigenvalue weighted by Crippen LogP contribution is -1.97. The lowest BCUT2D eigenvalue weighted by molar-refractivity contribution is -0.394. The molecule has 0 spiro atoms. The highest BCUT2D eigenvalue weighted by Crippen LogP contribution is 2.38. The zero-order chi connectivity index (χ0) is 22.4. The smallest absolute Gasteiger partial charge is 0.318 e. The highest BCUT2D eigenvalue weighted by Gasteiger charge is 2.22. The highest BCUT2D eigenvalue weighted by molar-refractivity contribution is 5.83. The lowest BCUT2D eigenvalue weighted by atomic mass is 10.2. The van der Waals surface area contributed by atoms with Crippen LogP contribution in [0.1, 0.15) is 5.56 Å². The number of nitro groups is 2. The molecule has 0 radical (unpaired) electrons. The van der Waals surface area contributed by atoms with E-state index in [0.717, 1.165) is 23.6 Å². The third-order valence-corrected chi connectivity index (χ3v) is 4.19. The monoisotopic (exact) mass is 423 g/mol. The van der Waals surface area contributed by atoms with E-state index >= 15 is 0 Å². The number of nitro benzene ring substituents is 2. The molecule has 0 aliphatic carbocycles. The lowest BCUT2D eigenvalue weighted by Gasteiger charge is -2.11. The second-order valence-corrected chi connectivity index (χ2v) is 6.13. The van der Waals surface area contributed by atoms with Gasteiger partial charge in [-0.2, -0.15) is 0 Å². The van der Waals surface area contributed by atoms with E-state index in [4.69, 9.17) is 14.2 Å². The van der Waals surface area contributed by atoms with Crippen molar-refractivity contribution in [2.75, 3.05) is 14.2 Å². The summed E-state index contributed by atoms with van der Waals surface area (Å²) >= 11 is 0. The maximum Gasteiger partial charge on any atom is 0.318 e. The zero-order valence-corrected chi connectivity index (χ0v) is 16.6. The number of benzene rings is 3. The van der Waals surface area contributed by atoms with Crippen molar-refractivity contribution in [1.82, 2.24) is 0 Å². The number of aliphatic imine (C=N–C) groups is 1. The molecule has 10 heteroatoms. The van der Waals surface area contributed by atoms with Crippen molar-refractivity contribution < 1.29 is 24.1 Å². The van der Waals surface area contributed by atoms with Crippen molar-refractivity contribution in [3.63, 3.8) is 0 Å². The molecule has 3 aromatic carbocycles. The number of hydrogen-bond donors (Lipinski definition) is 0. The van der Waals surface area contributed by atoms with E-state index in [-0.39, 0.29) is 11.5 Å². The van der Waals surface area contributed by atoms with E-state index in [0.29, 0.717) is 11.3 Å². The zero-order valence-electron chi connectivity index (χ0n) is 16.6. The van der Waals surface area contributed by atoms with Gasteiger partial charge in [0.05, 0.1) is 35.8 Å². The Labute approximate surface area is 176 Å². The Balaban J connectivity index is 1.85. The highest BCUT2D eigenvalue weighted by atomic mass is 16.6. The minimum Gasteiger partial charge on any atom is -0.497 e. The minimum atomic E-state index is -0.745. The van der Waals surface area contributed by atoms with Crippen LogP contribution in [-0.2, 0) is 0 Å². The molecule has 0 N–H and O–H groups in total. The number of ether oxygens (including phenoxy) is 3. The summed E-state index contributed by atoms with van der Waals surface area (Å²) < 4.78 is 16.1. The summed E-state index contributed by atoms with van der Waals surface area (Å²) in [6.45, 7) is 0. The van der Waals surface area contributed by atoms with E-state index in [1.807, 2.05) is 0 Å². The molecule has 3 aromatic rings. The third kappa shape index (κ3) is 5.12. The van der Waals surface area contributed by atoms with Crippen LogP contribution in [0.4, 0.5) is 17.1 Å². The van der Waals surface area contributed by atoms with Gasteiger partial charge in [0, 0.05) is 12.3 Å². The van der Waals surface area contributed by atoms with Crippen molar-refractivity contribution >= 4 is 23.3 Å². The average Bonchev–Trinajstić information content (AvgIpc) is 2.78. The quantitative estimate of drug-likeness (QED) is 0.281. The van der Waals surface area contributed by atoms with Gasteiger partial charge in [-0.15, -0.1) is 0 Å². The molecule has 0 saturated carbocycles. The summed E-state index contributed by atoms with van der Waals surface area (Å²) in [7, 11) is 3.01. The predicted molar refractivity (Wildman–Crippen MR) is 113 cm³/mol. The standard InChI is InChI=1S/C21H17N3O7/c1-29-17-7-4-15(5-8-17)22-13-14-3-9-20(21(11-14)30-2)31-19-10-6-16(23(25)26)12-18(19)24(27)28/h3-13H,1-2H3. The summed E-state index contributed by atoms with van der Waals surface area (Å²) in [5.74, 6) is 1.10. The molecular formula is C21H17N3O7. The van der Waals surface area contributed by atoms with Crippen LogP contribution in [0.25, 0.3) is 0 Å². The summed E-state index contributed by atoms with van der Waals surface area (Å²) in [4.78, 5) is 25.1. The molecule has 0 saturated heterocycles. The Hall–Kier alpha value is -4.47. The molecule has 0 bridgehead atoms. The normalized spacial score (nSPS) is 10.6. The third-order valence-electron chi connectivity index (χ3n) is 4.19. The Morgan fingerprint density at radius 2 is 1.52 bits per heavy atom. The molecule has 3 rings (SSSR count). The van der Waals surface area contributed by atoms with Gasteiger partial charge in [-0.3, -0.25) is 25.2 Å². The van der Waals surface area contributed by atoms with Gasteiger partial charge in [-0.05, 0) is 54.1 Å². The van der Waals surface area contributed by atoms with E-state index in [1.165, 1.54) is 13.2 Å². The maximum absolute atomic E-state index is 11.3. The summed E-state index contributed by atoms with van der Waals surface area (Å²) in [5, 5.41) is 22.2. The van der Waals surface area contributed by atoms with E-state index in [9.17, 15) is 20.2 Å². The second kappa shape index (κ2) is 9.35. The van der Waals surface area contributed by atoms with Crippen LogP contribution in [0.3, 0.4) is 0 Å². The van der Waals surface area contributed by atoms with Gasteiger partial charge in [0.25, 0.3) is 5.69 Å². The molecule has 0 unspecified atom stereocenters. The van der Waals surface area contributed by atoms with E-state index in [2.05, 4.69) is 4.99 Å². The molecule has 158 valence electrons.